The van der Waals surface area contributed by atoms with Gasteiger partial charge in [0, 0.05) is 18.5 Å². The Labute approximate surface area is 118 Å². The van der Waals surface area contributed by atoms with Gasteiger partial charge in [0.1, 0.15) is 15.3 Å². The SMILES string of the molecule is O=c1[nH]cnc2c1sc1nc(N3CCOCC3)ccc12. The third kappa shape index (κ3) is 1.78. The number of hydrogen-bond acceptors (Lipinski definition) is 6. The van der Waals surface area contributed by atoms with E-state index in [1.807, 2.05) is 12.1 Å². The van der Waals surface area contributed by atoms with Crippen LogP contribution in [0.5, 0.6) is 0 Å². The van der Waals surface area contributed by atoms with Gasteiger partial charge in [0.25, 0.3) is 5.56 Å². The van der Waals surface area contributed by atoms with E-state index in [-0.39, 0.29) is 5.56 Å². The van der Waals surface area contributed by atoms with E-state index in [1.165, 1.54) is 17.7 Å². The van der Waals surface area contributed by atoms with E-state index in [4.69, 9.17) is 4.74 Å². The highest BCUT2D eigenvalue weighted by atomic mass is 32.1. The Balaban J connectivity index is 1.89. The summed E-state index contributed by atoms with van der Waals surface area (Å²) in [6, 6.07) is 3.99. The van der Waals surface area contributed by atoms with E-state index >= 15 is 0 Å². The number of thiophene rings is 1. The largest absolute Gasteiger partial charge is 0.378 e. The second-order valence-corrected chi connectivity index (χ2v) is 5.63. The average molecular weight is 288 g/mol. The number of rotatable bonds is 1. The molecule has 1 aliphatic rings. The summed E-state index contributed by atoms with van der Waals surface area (Å²) in [5.41, 5.74) is 0.626. The average Bonchev–Trinajstić information content (AvgIpc) is 2.87. The highest BCUT2D eigenvalue weighted by Gasteiger charge is 2.15. The molecule has 4 rings (SSSR count). The smallest absolute Gasteiger partial charge is 0.268 e. The second kappa shape index (κ2) is 4.53. The molecule has 1 aliphatic heterocycles. The van der Waals surface area contributed by atoms with Crippen molar-refractivity contribution in [2.45, 2.75) is 0 Å². The van der Waals surface area contributed by atoms with E-state index in [0.717, 1.165) is 47.9 Å². The molecule has 3 aromatic heterocycles. The molecular formula is C13H12N4O2S. The zero-order valence-electron chi connectivity index (χ0n) is 10.6. The van der Waals surface area contributed by atoms with Crippen LogP contribution in [0.1, 0.15) is 0 Å². The van der Waals surface area contributed by atoms with Crippen LogP contribution < -0.4 is 10.5 Å². The Morgan fingerprint density at radius 2 is 2.15 bits per heavy atom. The Hall–Kier alpha value is -1.99. The van der Waals surface area contributed by atoms with Crippen molar-refractivity contribution < 1.29 is 4.74 Å². The molecule has 0 spiro atoms. The van der Waals surface area contributed by atoms with Gasteiger partial charge in [-0.3, -0.25) is 4.79 Å². The van der Waals surface area contributed by atoms with E-state index in [2.05, 4.69) is 19.9 Å². The molecule has 0 aliphatic carbocycles. The number of hydrogen-bond donors (Lipinski definition) is 1. The minimum atomic E-state index is -0.106. The fourth-order valence-corrected chi connectivity index (χ4v) is 3.45. The van der Waals surface area contributed by atoms with Gasteiger partial charge in [-0.15, -0.1) is 11.3 Å². The Bertz CT molecular complexity index is 835. The number of aromatic nitrogens is 3. The Morgan fingerprint density at radius 3 is 3.00 bits per heavy atom. The Morgan fingerprint density at radius 1 is 1.30 bits per heavy atom. The van der Waals surface area contributed by atoms with Crippen LogP contribution in [0, 0.1) is 0 Å². The van der Waals surface area contributed by atoms with Gasteiger partial charge >= 0.3 is 0 Å². The van der Waals surface area contributed by atoms with Gasteiger partial charge in [-0.05, 0) is 12.1 Å². The van der Waals surface area contributed by atoms with E-state index in [0.29, 0.717) is 4.70 Å². The molecule has 0 amide bonds. The molecule has 0 atom stereocenters. The van der Waals surface area contributed by atoms with Crippen molar-refractivity contribution in [2.24, 2.45) is 0 Å². The molecule has 3 aromatic rings. The summed E-state index contributed by atoms with van der Waals surface area (Å²) in [6.07, 6.45) is 1.44. The van der Waals surface area contributed by atoms with Crippen molar-refractivity contribution in [3.8, 4) is 0 Å². The molecule has 1 saturated heterocycles. The van der Waals surface area contributed by atoms with Crippen LogP contribution in [0.4, 0.5) is 5.82 Å². The Kier molecular flexibility index (Phi) is 2.68. The molecule has 6 nitrogen and oxygen atoms in total. The standard InChI is InChI=1S/C13H12N4O2S/c18-12-11-10(14-7-15-12)8-1-2-9(16-13(8)20-11)17-3-5-19-6-4-17/h1-2,7H,3-6H2,(H,14,15,18). The van der Waals surface area contributed by atoms with Crippen LogP contribution in [0.25, 0.3) is 20.4 Å². The summed E-state index contributed by atoms with van der Waals surface area (Å²) in [5.74, 6) is 0.934. The molecule has 102 valence electrons. The minimum Gasteiger partial charge on any atom is -0.378 e. The van der Waals surface area contributed by atoms with Gasteiger partial charge in [-0.1, -0.05) is 0 Å². The first-order valence-electron chi connectivity index (χ1n) is 6.42. The highest BCUT2D eigenvalue weighted by molar-refractivity contribution is 7.25. The molecule has 0 aromatic carbocycles. The summed E-state index contributed by atoms with van der Waals surface area (Å²) < 4.78 is 5.98. The van der Waals surface area contributed by atoms with Crippen molar-refractivity contribution in [3.05, 3.63) is 28.8 Å². The fourth-order valence-electron chi connectivity index (χ4n) is 2.43. The first-order chi connectivity index (χ1) is 9.83. The summed E-state index contributed by atoms with van der Waals surface area (Å²) in [6.45, 7) is 3.16. The lowest BCUT2D eigenvalue weighted by Gasteiger charge is -2.27. The molecular weight excluding hydrogens is 276 g/mol. The third-order valence-corrected chi connectivity index (χ3v) is 4.53. The van der Waals surface area contributed by atoms with Crippen molar-refractivity contribution >= 4 is 37.6 Å². The predicted molar refractivity (Wildman–Crippen MR) is 78.6 cm³/mol. The van der Waals surface area contributed by atoms with Gasteiger partial charge < -0.3 is 14.6 Å². The van der Waals surface area contributed by atoms with E-state index in [1.54, 1.807) is 0 Å². The summed E-state index contributed by atoms with van der Waals surface area (Å²) in [4.78, 5) is 26.4. The van der Waals surface area contributed by atoms with Crippen molar-refractivity contribution in [3.63, 3.8) is 0 Å². The van der Waals surface area contributed by atoms with Gasteiger partial charge in [-0.2, -0.15) is 0 Å². The predicted octanol–water partition coefficient (Wildman–Crippen LogP) is 1.37. The molecule has 7 heteroatoms. The third-order valence-electron chi connectivity index (χ3n) is 3.45. The molecule has 0 bridgehead atoms. The number of nitrogens with one attached hydrogen (secondary N) is 1. The van der Waals surface area contributed by atoms with E-state index < -0.39 is 0 Å². The van der Waals surface area contributed by atoms with Crippen molar-refractivity contribution in [1.29, 1.82) is 0 Å². The fraction of sp³-hybridized carbons (Fsp3) is 0.308. The number of morpholine rings is 1. The monoisotopic (exact) mass is 288 g/mol. The summed E-state index contributed by atoms with van der Waals surface area (Å²) >= 11 is 1.39. The first kappa shape index (κ1) is 11.8. The van der Waals surface area contributed by atoms with Crippen molar-refractivity contribution in [1.82, 2.24) is 15.0 Å². The lowest BCUT2D eigenvalue weighted by molar-refractivity contribution is 0.122. The molecule has 1 fully saturated rings. The molecule has 0 saturated carbocycles. The maximum atomic E-state index is 11.8. The number of anilines is 1. The molecule has 20 heavy (non-hydrogen) atoms. The summed E-state index contributed by atoms with van der Waals surface area (Å²) in [7, 11) is 0. The molecule has 0 radical (unpaired) electrons. The lowest BCUT2D eigenvalue weighted by Crippen LogP contribution is -2.36. The van der Waals surface area contributed by atoms with Crippen molar-refractivity contribution in [2.75, 3.05) is 31.2 Å². The quantitative estimate of drug-likeness (QED) is 0.732. The van der Waals surface area contributed by atoms with Gasteiger partial charge in [0.15, 0.2) is 0 Å². The number of fused-ring (bicyclic) bond motifs is 3. The minimum absolute atomic E-state index is 0.106. The molecule has 0 unspecified atom stereocenters. The normalized spacial score (nSPS) is 16.1. The number of pyridine rings is 1. The maximum Gasteiger partial charge on any atom is 0.268 e. The number of nitrogens with zero attached hydrogens (tertiary/aromatic N) is 3. The van der Waals surface area contributed by atoms with Gasteiger partial charge in [0.2, 0.25) is 0 Å². The van der Waals surface area contributed by atoms with E-state index in [9.17, 15) is 4.79 Å². The second-order valence-electron chi connectivity index (χ2n) is 4.63. The zero-order valence-corrected chi connectivity index (χ0v) is 11.4. The molecule has 1 N–H and O–H groups in total. The van der Waals surface area contributed by atoms with Crippen LogP contribution in [0.3, 0.4) is 0 Å². The topological polar surface area (TPSA) is 71.1 Å². The van der Waals surface area contributed by atoms with Crippen LogP contribution >= 0.6 is 11.3 Å². The van der Waals surface area contributed by atoms with Gasteiger partial charge in [-0.25, -0.2) is 9.97 Å². The van der Waals surface area contributed by atoms with Gasteiger partial charge in [0.05, 0.1) is 25.1 Å². The zero-order chi connectivity index (χ0) is 13.5. The van der Waals surface area contributed by atoms with Crippen LogP contribution in [0.15, 0.2) is 23.3 Å². The maximum absolute atomic E-state index is 11.8. The molecule has 4 heterocycles. The number of aromatic amines is 1. The first-order valence-corrected chi connectivity index (χ1v) is 7.24. The number of H-pyrrole nitrogens is 1. The lowest BCUT2D eigenvalue weighted by atomic mass is 10.3. The summed E-state index contributed by atoms with van der Waals surface area (Å²) in [5, 5.41) is 0.938. The highest BCUT2D eigenvalue weighted by Crippen LogP contribution is 2.30. The number of ether oxygens (including phenoxy) is 1. The van der Waals surface area contributed by atoms with Crippen LogP contribution in [-0.2, 0) is 4.74 Å². The van der Waals surface area contributed by atoms with Crippen LogP contribution in [0.2, 0.25) is 0 Å². The van der Waals surface area contributed by atoms with Crippen LogP contribution in [-0.4, -0.2) is 41.3 Å².